The van der Waals surface area contributed by atoms with Gasteiger partial charge in [0.15, 0.2) is 0 Å². The molecule has 0 aromatic rings. The van der Waals surface area contributed by atoms with E-state index in [-0.39, 0.29) is 66.5 Å². The van der Waals surface area contributed by atoms with E-state index in [1.807, 2.05) is 61.5 Å². The summed E-state index contributed by atoms with van der Waals surface area (Å²) in [6, 6.07) is -4.59. The van der Waals surface area contributed by atoms with E-state index in [2.05, 4.69) is 35.7 Å². The lowest BCUT2D eigenvalue weighted by Gasteiger charge is -2.38. The Kier molecular flexibility index (Phi) is 26.3. The van der Waals surface area contributed by atoms with Crippen molar-refractivity contribution in [1.82, 2.24) is 35.6 Å². The fourth-order valence-corrected chi connectivity index (χ4v) is 6.99. The number of carbonyl (C=O) groups is 6. The lowest BCUT2D eigenvalue weighted by Crippen LogP contribution is -2.60. The molecule has 2 unspecified atom stereocenters. The van der Waals surface area contributed by atoms with E-state index in [0.29, 0.717) is 24.8 Å². The molecule has 6 atom stereocenters. The van der Waals surface area contributed by atoms with Crippen LogP contribution in [0, 0.1) is 17.8 Å². The number of amides is 6. The third-order valence-corrected chi connectivity index (χ3v) is 11.0. The van der Waals surface area contributed by atoms with Crippen LogP contribution in [-0.4, -0.2) is 141 Å². The minimum absolute atomic E-state index is 0.00600. The van der Waals surface area contributed by atoms with E-state index in [1.165, 1.54) is 30.0 Å². The Bertz CT molecular complexity index is 1630. The number of nitrogens with zero attached hydrogens (tertiary/aromatic N) is 4. The number of carbonyl (C=O) groups excluding carboxylic acids is 6. The van der Waals surface area contributed by atoms with Crippen LogP contribution in [0.4, 0.5) is 0 Å². The number of methoxy groups -OCH3 is 1. The molecule has 0 aromatic heterocycles. The summed E-state index contributed by atoms with van der Waals surface area (Å²) < 4.78 is 5.38. The number of allylic oxidation sites excluding steroid dienone is 6. The Labute approximate surface area is 374 Å². The van der Waals surface area contributed by atoms with E-state index in [1.54, 1.807) is 69.3 Å². The number of hydrogen-bond acceptors (Lipinski definition) is 8. The van der Waals surface area contributed by atoms with Crippen LogP contribution < -0.4 is 16.0 Å². The van der Waals surface area contributed by atoms with Crippen molar-refractivity contribution in [2.45, 2.75) is 130 Å². The largest absolute Gasteiger partial charge is 0.497 e. The minimum atomic E-state index is -1.05. The third-order valence-electron chi connectivity index (χ3n) is 11.0. The minimum Gasteiger partial charge on any atom is -0.497 e. The summed E-state index contributed by atoms with van der Waals surface area (Å²) in [6.45, 7) is 26.9. The normalized spacial score (nSPS) is 15.2. The molecular weight excluding hydrogens is 787 g/mol. The highest BCUT2D eigenvalue weighted by molar-refractivity contribution is 5.96. The number of likely N-dealkylation sites (N-methyl/N-ethyl adjacent to an activating group) is 5. The number of rotatable bonds is 28. The zero-order valence-corrected chi connectivity index (χ0v) is 40.7. The Hall–Kier alpha value is -4.98. The van der Waals surface area contributed by atoms with Crippen molar-refractivity contribution in [3.8, 4) is 0 Å². The van der Waals surface area contributed by atoms with Crippen molar-refractivity contribution in [2.24, 2.45) is 17.8 Å². The zero-order chi connectivity index (χ0) is 48.0. The van der Waals surface area contributed by atoms with Crippen LogP contribution in [0.25, 0.3) is 0 Å². The van der Waals surface area contributed by atoms with Crippen LogP contribution in [0.3, 0.4) is 0 Å². The van der Waals surface area contributed by atoms with Crippen LogP contribution in [0.1, 0.15) is 93.9 Å². The molecule has 0 saturated heterocycles. The predicted octanol–water partition coefficient (Wildman–Crippen LogP) is 5.40. The summed E-state index contributed by atoms with van der Waals surface area (Å²) in [7, 11) is 11.3. The molecule has 0 heterocycles. The zero-order valence-electron chi connectivity index (χ0n) is 40.7. The van der Waals surface area contributed by atoms with Crippen LogP contribution in [0.5, 0.6) is 0 Å². The Morgan fingerprint density at radius 1 is 0.677 bits per heavy atom. The maximum Gasteiger partial charge on any atom is 0.247 e. The van der Waals surface area contributed by atoms with Gasteiger partial charge in [0, 0.05) is 40.3 Å². The molecule has 0 aromatic carbocycles. The topological polar surface area (TPSA) is 161 Å². The highest BCUT2D eigenvalue weighted by atomic mass is 16.5. The first-order valence-electron chi connectivity index (χ1n) is 21.8. The summed E-state index contributed by atoms with van der Waals surface area (Å²) in [5, 5.41) is 8.47. The van der Waals surface area contributed by atoms with Gasteiger partial charge in [-0.3, -0.25) is 33.7 Å². The highest BCUT2D eigenvalue weighted by Crippen LogP contribution is 2.22. The number of ether oxygens (including phenoxy) is 1. The van der Waals surface area contributed by atoms with Crippen molar-refractivity contribution < 1.29 is 33.5 Å². The predicted molar refractivity (Wildman–Crippen MR) is 250 cm³/mol. The molecule has 0 aliphatic carbocycles. The molecule has 3 N–H and O–H groups in total. The smallest absolute Gasteiger partial charge is 0.247 e. The molecular formula is C48H81N7O7. The molecule has 0 aliphatic rings. The van der Waals surface area contributed by atoms with Gasteiger partial charge in [0.25, 0.3) is 0 Å². The van der Waals surface area contributed by atoms with Gasteiger partial charge < -0.3 is 35.4 Å². The maximum atomic E-state index is 14.7. The first kappa shape index (κ1) is 57.0. The van der Waals surface area contributed by atoms with Crippen LogP contribution in [0.15, 0.2) is 73.1 Å². The van der Waals surface area contributed by atoms with Gasteiger partial charge in [-0.25, -0.2) is 0 Å². The van der Waals surface area contributed by atoms with Gasteiger partial charge in [0.2, 0.25) is 35.4 Å². The van der Waals surface area contributed by atoms with Crippen molar-refractivity contribution in [3.63, 3.8) is 0 Å². The first-order chi connectivity index (χ1) is 28.9. The van der Waals surface area contributed by atoms with E-state index >= 15 is 0 Å². The van der Waals surface area contributed by atoms with Gasteiger partial charge in [-0.05, 0) is 94.5 Å². The Morgan fingerprint density at radius 2 is 1.21 bits per heavy atom. The summed E-state index contributed by atoms with van der Waals surface area (Å²) in [6.07, 6.45) is 11.8. The lowest BCUT2D eigenvalue weighted by atomic mass is 9.96. The molecule has 0 rings (SSSR count). The molecule has 0 saturated carbocycles. The van der Waals surface area contributed by atoms with Gasteiger partial charge in [-0.15, -0.1) is 0 Å². The molecule has 14 nitrogen and oxygen atoms in total. The molecule has 6 amide bonds. The second-order valence-electron chi connectivity index (χ2n) is 17.4. The fourth-order valence-electron chi connectivity index (χ4n) is 6.99. The van der Waals surface area contributed by atoms with Crippen LogP contribution in [0.2, 0.25) is 0 Å². The maximum absolute atomic E-state index is 14.7. The average Bonchev–Trinajstić information content (AvgIpc) is 3.21. The van der Waals surface area contributed by atoms with Gasteiger partial charge >= 0.3 is 0 Å². The summed E-state index contributed by atoms with van der Waals surface area (Å²) in [5.41, 5.74) is 1.57. The van der Waals surface area contributed by atoms with Crippen molar-refractivity contribution in [1.29, 1.82) is 0 Å². The summed E-state index contributed by atoms with van der Waals surface area (Å²) in [5.74, 6) is -2.39. The van der Waals surface area contributed by atoms with Gasteiger partial charge in [-0.2, -0.15) is 0 Å². The number of nitrogens with one attached hydrogen (secondary N) is 3. The summed E-state index contributed by atoms with van der Waals surface area (Å²) >= 11 is 0. The fraction of sp³-hybridized carbons (Fsp3) is 0.625. The molecule has 0 aliphatic heterocycles. The van der Waals surface area contributed by atoms with Crippen molar-refractivity contribution >= 4 is 35.4 Å². The molecule has 0 fully saturated rings. The summed E-state index contributed by atoms with van der Waals surface area (Å²) in [4.78, 5) is 89.6. The lowest BCUT2D eigenvalue weighted by molar-refractivity contribution is -0.150. The van der Waals surface area contributed by atoms with Crippen LogP contribution in [-0.2, 0) is 33.5 Å². The molecule has 14 heteroatoms. The second kappa shape index (κ2) is 28.6. The highest BCUT2D eigenvalue weighted by Gasteiger charge is 2.39. The Morgan fingerprint density at radius 3 is 1.66 bits per heavy atom. The third kappa shape index (κ3) is 18.6. The standard InChI is InChI=1S/C48H81N7O7/c1-19-23-35(20-2)28-34(11)53(15)48(61)43(33(9)10)51-45(58)40(26-31(5)6)54(16)47(60)41(27-32(7)8)55(17)46(59)38(50-44(57)39(22-4)52(13)14)25-24-36(21-3)29-37(62-18)30-42(56)49-12/h19-21,23,29-34,38-41,43H,1-3,22,24-28H2,4-18H3,(H,49,56)(H,50,57)(H,51,58)/b35-23+,36-29+,37-30-/t34-,38?,39+,40+,41+,43?/m1/s1. The molecule has 0 spiro atoms. The van der Waals surface area contributed by atoms with Gasteiger partial charge in [0.05, 0.1) is 13.2 Å². The van der Waals surface area contributed by atoms with Crippen molar-refractivity contribution in [3.05, 3.63) is 73.1 Å². The monoisotopic (exact) mass is 868 g/mol. The van der Waals surface area contributed by atoms with E-state index in [9.17, 15) is 28.8 Å². The quantitative estimate of drug-likeness (QED) is 0.0536. The Balaban J connectivity index is 6.97. The van der Waals surface area contributed by atoms with Gasteiger partial charge in [0.1, 0.15) is 29.9 Å². The van der Waals surface area contributed by atoms with E-state index in [0.717, 1.165) is 5.57 Å². The molecule has 62 heavy (non-hydrogen) atoms. The van der Waals surface area contributed by atoms with E-state index < -0.39 is 47.9 Å². The average molecular weight is 868 g/mol. The molecule has 350 valence electrons. The second-order valence-corrected chi connectivity index (χ2v) is 17.4. The number of hydrogen-bond donors (Lipinski definition) is 3. The molecule has 0 radical (unpaired) electrons. The first-order valence-corrected chi connectivity index (χ1v) is 21.8. The van der Waals surface area contributed by atoms with Crippen molar-refractivity contribution in [2.75, 3.05) is 49.4 Å². The van der Waals surface area contributed by atoms with Crippen LogP contribution >= 0.6 is 0 Å². The SMILES string of the molecule is C=C/C=C(\C=C)C[C@@H](C)N(C)C(=O)C(NC(=O)[C@H](CC(C)C)N(C)C(=O)[C@H](CC(C)C)N(C)C(=O)C(CC/C(C=C)=C/C(=C/C(=O)NC)OC)NC(=O)[C@H](CC)N(C)C)C(C)C. The van der Waals surface area contributed by atoms with Gasteiger partial charge in [-0.1, -0.05) is 92.5 Å². The molecule has 0 bridgehead atoms. The van der Waals surface area contributed by atoms with E-state index in [4.69, 9.17) is 4.74 Å².